The second kappa shape index (κ2) is 4.45. The number of aromatic nitrogens is 1. The van der Waals surface area contributed by atoms with Gasteiger partial charge in [0.15, 0.2) is 0 Å². The molecule has 2 rings (SSSR count). The Morgan fingerprint density at radius 1 is 1.31 bits per heavy atom. The highest BCUT2D eigenvalue weighted by atomic mass is 14.7. The zero-order valence-corrected chi connectivity index (χ0v) is 9.53. The summed E-state index contributed by atoms with van der Waals surface area (Å²) in [7, 11) is 0. The van der Waals surface area contributed by atoms with Crippen LogP contribution in [0, 0.1) is 6.92 Å². The van der Waals surface area contributed by atoms with E-state index in [0.717, 1.165) is 34.2 Å². The molecule has 2 aromatic rings. The van der Waals surface area contributed by atoms with Gasteiger partial charge in [0.05, 0.1) is 5.52 Å². The predicted molar refractivity (Wildman–Crippen MR) is 69.2 cm³/mol. The summed E-state index contributed by atoms with van der Waals surface area (Å²) in [4.78, 5) is 4.47. The fourth-order valence-corrected chi connectivity index (χ4v) is 1.77. The first-order valence-corrected chi connectivity index (χ1v) is 5.46. The monoisotopic (exact) mass is 212 g/mol. The number of pyridine rings is 1. The largest absolute Gasteiger partial charge is 0.330 e. The van der Waals surface area contributed by atoms with Crippen molar-refractivity contribution < 1.29 is 0 Å². The molecule has 0 saturated heterocycles. The van der Waals surface area contributed by atoms with Gasteiger partial charge in [0.1, 0.15) is 0 Å². The Morgan fingerprint density at radius 3 is 2.88 bits per heavy atom. The molecule has 0 fully saturated rings. The first-order valence-electron chi connectivity index (χ1n) is 5.46. The molecule has 1 aromatic heterocycles. The standard InChI is InChI=1S/C14H16N2/c1-10(7-8-15)12-5-6-14-13(9-12)4-3-11(2)16-14/h3-6,9H,1,7-8,15H2,2H3. The highest BCUT2D eigenvalue weighted by molar-refractivity contribution is 5.83. The molecule has 2 heteroatoms. The number of benzene rings is 1. The van der Waals surface area contributed by atoms with Gasteiger partial charge < -0.3 is 5.73 Å². The van der Waals surface area contributed by atoms with E-state index in [1.807, 2.05) is 19.1 Å². The Labute approximate surface area is 95.8 Å². The van der Waals surface area contributed by atoms with Crippen LogP contribution in [0.5, 0.6) is 0 Å². The quantitative estimate of drug-likeness (QED) is 0.849. The van der Waals surface area contributed by atoms with Gasteiger partial charge >= 0.3 is 0 Å². The highest BCUT2D eigenvalue weighted by Crippen LogP contribution is 2.21. The van der Waals surface area contributed by atoms with Crippen molar-refractivity contribution in [2.45, 2.75) is 13.3 Å². The van der Waals surface area contributed by atoms with Gasteiger partial charge in [-0.1, -0.05) is 18.7 Å². The first kappa shape index (κ1) is 10.8. The number of nitrogens with zero attached hydrogens (tertiary/aromatic N) is 1. The molecule has 0 spiro atoms. The van der Waals surface area contributed by atoms with Crippen LogP contribution in [0.15, 0.2) is 36.9 Å². The second-order valence-electron chi connectivity index (χ2n) is 4.00. The number of fused-ring (bicyclic) bond motifs is 1. The lowest BCUT2D eigenvalue weighted by atomic mass is 10.0. The van der Waals surface area contributed by atoms with Crippen molar-refractivity contribution in [2.75, 3.05) is 6.54 Å². The Kier molecular flexibility index (Phi) is 3.02. The highest BCUT2D eigenvalue weighted by Gasteiger charge is 2.01. The van der Waals surface area contributed by atoms with E-state index in [-0.39, 0.29) is 0 Å². The molecular formula is C14H16N2. The van der Waals surface area contributed by atoms with E-state index < -0.39 is 0 Å². The topological polar surface area (TPSA) is 38.9 Å². The maximum absolute atomic E-state index is 5.53. The third-order valence-corrected chi connectivity index (χ3v) is 2.68. The van der Waals surface area contributed by atoms with E-state index in [2.05, 4.69) is 29.8 Å². The molecule has 0 bridgehead atoms. The molecule has 1 aromatic carbocycles. The van der Waals surface area contributed by atoms with Crippen LogP contribution < -0.4 is 5.73 Å². The van der Waals surface area contributed by atoms with E-state index in [4.69, 9.17) is 5.73 Å². The summed E-state index contributed by atoms with van der Waals surface area (Å²) >= 11 is 0. The zero-order valence-electron chi connectivity index (χ0n) is 9.53. The lowest BCUT2D eigenvalue weighted by molar-refractivity contribution is 1.02. The van der Waals surface area contributed by atoms with Crippen LogP contribution in [-0.2, 0) is 0 Å². The lowest BCUT2D eigenvalue weighted by Crippen LogP contribution is -1.99. The van der Waals surface area contributed by atoms with E-state index in [0.29, 0.717) is 6.54 Å². The van der Waals surface area contributed by atoms with Crippen LogP contribution in [0.2, 0.25) is 0 Å². The van der Waals surface area contributed by atoms with Crippen molar-refractivity contribution >= 4 is 16.5 Å². The molecular weight excluding hydrogens is 196 g/mol. The molecule has 82 valence electrons. The molecule has 0 amide bonds. The Balaban J connectivity index is 2.44. The van der Waals surface area contributed by atoms with Crippen LogP contribution in [-0.4, -0.2) is 11.5 Å². The van der Waals surface area contributed by atoms with Crippen LogP contribution in [0.25, 0.3) is 16.5 Å². The van der Waals surface area contributed by atoms with Gasteiger partial charge in [-0.05, 0) is 49.2 Å². The summed E-state index contributed by atoms with van der Waals surface area (Å²) in [6.45, 7) is 6.68. The van der Waals surface area contributed by atoms with E-state index >= 15 is 0 Å². The van der Waals surface area contributed by atoms with Gasteiger partial charge in [-0.25, -0.2) is 0 Å². The van der Waals surface area contributed by atoms with Crippen molar-refractivity contribution in [1.82, 2.24) is 4.98 Å². The molecule has 2 nitrogen and oxygen atoms in total. The van der Waals surface area contributed by atoms with Crippen molar-refractivity contribution in [1.29, 1.82) is 0 Å². The smallest absolute Gasteiger partial charge is 0.0705 e. The summed E-state index contributed by atoms with van der Waals surface area (Å²) in [5, 5.41) is 1.15. The third-order valence-electron chi connectivity index (χ3n) is 2.68. The molecule has 0 saturated carbocycles. The molecule has 1 heterocycles. The molecule has 0 aliphatic rings. The summed E-state index contributed by atoms with van der Waals surface area (Å²) in [5.41, 5.74) is 9.84. The summed E-state index contributed by atoms with van der Waals surface area (Å²) < 4.78 is 0. The minimum absolute atomic E-state index is 0.642. The van der Waals surface area contributed by atoms with Gasteiger partial charge in [0.25, 0.3) is 0 Å². The number of hydrogen-bond donors (Lipinski definition) is 1. The average molecular weight is 212 g/mol. The van der Waals surface area contributed by atoms with E-state index in [1.54, 1.807) is 0 Å². The van der Waals surface area contributed by atoms with Gasteiger partial charge in [-0.15, -0.1) is 0 Å². The van der Waals surface area contributed by atoms with Crippen molar-refractivity contribution in [3.63, 3.8) is 0 Å². The maximum Gasteiger partial charge on any atom is 0.0705 e. The molecule has 0 aliphatic heterocycles. The number of nitrogens with two attached hydrogens (primary N) is 1. The van der Waals surface area contributed by atoms with Gasteiger partial charge in [-0.2, -0.15) is 0 Å². The van der Waals surface area contributed by atoms with Gasteiger partial charge in [0, 0.05) is 11.1 Å². The minimum atomic E-state index is 0.642. The van der Waals surface area contributed by atoms with E-state index in [1.165, 1.54) is 0 Å². The molecule has 0 radical (unpaired) electrons. The summed E-state index contributed by atoms with van der Waals surface area (Å²) in [6.07, 6.45) is 0.838. The maximum atomic E-state index is 5.53. The van der Waals surface area contributed by atoms with Gasteiger partial charge in [-0.3, -0.25) is 4.98 Å². The molecule has 0 aliphatic carbocycles. The normalized spacial score (nSPS) is 10.6. The molecule has 16 heavy (non-hydrogen) atoms. The lowest BCUT2D eigenvalue weighted by Gasteiger charge is -2.06. The van der Waals surface area contributed by atoms with Crippen LogP contribution in [0.3, 0.4) is 0 Å². The number of hydrogen-bond acceptors (Lipinski definition) is 2. The number of rotatable bonds is 3. The fourth-order valence-electron chi connectivity index (χ4n) is 1.77. The fraction of sp³-hybridized carbons (Fsp3) is 0.214. The SMILES string of the molecule is C=C(CCN)c1ccc2nc(C)ccc2c1. The third kappa shape index (κ3) is 2.12. The van der Waals surface area contributed by atoms with Crippen molar-refractivity contribution in [2.24, 2.45) is 5.73 Å². The van der Waals surface area contributed by atoms with Gasteiger partial charge in [0.2, 0.25) is 0 Å². The molecule has 2 N–H and O–H groups in total. The Morgan fingerprint density at radius 2 is 2.12 bits per heavy atom. The Bertz CT molecular complexity index is 529. The van der Waals surface area contributed by atoms with Crippen LogP contribution in [0.4, 0.5) is 0 Å². The summed E-state index contributed by atoms with van der Waals surface area (Å²) in [5.74, 6) is 0. The van der Waals surface area contributed by atoms with Crippen LogP contribution >= 0.6 is 0 Å². The number of aryl methyl sites for hydroxylation is 1. The minimum Gasteiger partial charge on any atom is -0.330 e. The summed E-state index contributed by atoms with van der Waals surface area (Å²) in [6, 6.07) is 10.3. The first-order chi connectivity index (χ1) is 7.70. The second-order valence-corrected chi connectivity index (χ2v) is 4.00. The van der Waals surface area contributed by atoms with Crippen molar-refractivity contribution in [3.8, 4) is 0 Å². The molecule has 0 atom stereocenters. The Hall–Kier alpha value is -1.67. The predicted octanol–water partition coefficient (Wildman–Crippen LogP) is 2.91. The van der Waals surface area contributed by atoms with Crippen LogP contribution in [0.1, 0.15) is 17.7 Å². The average Bonchev–Trinajstić information content (AvgIpc) is 2.28. The van der Waals surface area contributed by atoms with Crippen molar-refractivity contribution in [3.05, 3.63) is 48.2 Å². The molecule has 0 unspecified atom stereocenters. The van der Waals surface area contributed by atoms with E-state index in [9.17, 15) is 0 Å². The zero-order chi connectivity index (χ0) is 11.5.